The normalized spacial score (nSPS) is 13.2. The Morgan fingerprint density at radius 1 is 0.472 bits per heavy atom. The fraction of sp³-hybridized carbons (Fsp3) is 1.00. The van der Waals surface area contributed by atoms with Gasteiger partial charge in [-0.15, -0.1) is 0 Å². The van der Waals surface area contributed by atoms with Gasteiger partial charge in [0.1, 0.15) is 0 Å². The average Bonchev–Trinajstić information content (AvgIpc) is 2.46. The van der Waals surface area contributed by atoms with E-state index in [4.69, 9.17) is 30.7 Å². The Kier molecular flexibility index (Phi) is 22.3. The van der Waals surface area contributed by atoms with Crippen LogP contribution in [0.15, 0.2) is 0 Å². The van der Waals surface area contributed by atoms with Crippen LogP contribution in [0.5, 0.6) is 0 Å². The molecule has 222 valence electrons. The van der Waals surface area contributed by atoms with E-state index in [0.717, 1.165) is 0 Å². The van der Waals surface area contributed by atoms with Gasteiger partial charge in [0.25, 0.3) is 0 Å². The van der Waals surface area contributed by atoms with E-state index in [1.54, 1.807) is 0 Å². The summed E-state index contributed by atoms with van der Waals surface area (Å²) in [6, 6.07) is 0. The molecule has 1 N–H and O–H groups in total. The van der Waals surface area contributed by atoms with Crippen LogP contribution in [0.3, 0.4) is 0 Å². The number of hydrogen-bond acceptors (Lipinski definition) is 8. The van der Waals surface area contributed by atoms with Crippen molar-refractivity contribution in [2.45, 2.75) is 159 Å². The fourth-order valence-electron chi connectivity index (χ4n) is 2.37. The Labute approximate surface area is 229 Å². The van der Waals surface area contributed by atoms with Gasteiger partial charge in [-0.2, -0.15) is 0 Å². The molecule has 0 heterocycles. The third-order valence-corrected chi connectivity index (χ3v) is 10.8. The molecule has 0 aromatic heterocycles. The van der Waals surface area contributed by atoms with Crippen molar-refractivity contribution >= 4 is 35.2 Å². The van der Waals surface area contributed by atoms with Crippen LogP contribution < -0.4 is 0 Å². The van der Waals surface area contributed by atoms with Crippen LogP contribution in [0.1, 0.15) is 83.1 Å². The maximum absolute atomic E-state index is 9.99. The van der Waals surface area contributed by atoms with E-state index in [-0.39, 0.29) is 45.4 Å². The molecule has 0 bridgehead atoms. The van der Waals surface area contributed by atoms with Crippen molar-refractivity contribution in [3.05, 3.63) is 0 Å². The molecular formula is C24H62O8Si4. The second kappa shape index (κ2) is 19.6. The van der Waals surface area contributed by atoms with Crippen molar-refractivity contribution < 1.29 is 35.5 Å². The van der Waals surface area contributed by atoms with Gasteiger partial charge in [0.2, 0.25) is 0 Å². The summed E-state index contributed by atoms with van der Waals surface area (Å²) in [6.07, 6.45) is -0.265. The first-order chi connectivity index (χ1) is 15.9. The standard InChI is InChI=1S/C12H30O4Si2.C9H22O4Si.C3H10Si/c1-10(2)13-18(14-11(3)4,15-12(5)6)16-17(7,8)9;1-7(2)11-14(10,12-8(3)4)13-9(5)6;1-4(2)3/h10-12H,1-9H3;7-10H,1-6H3;4H,1-3H3. The molecule has 0 amide bonds. The van der Waals surface area contributed by atoms with Crippen molar-refractivity contribution in [1.29, 1.82) is 0 Å². The van der Waals surface area contributed by atoms with Crippen molar-refractivity contribution in [1.82, 2.24) is 0 Å². The molecule has 0 saturated carbocycles. The van der Waals surface area contributed by atoms with E-state index < -0.39 is 26.4 Å². The van der Waals surface area contributed by atoms with Crippen LogP contribution in [0.2, 0.25) is 39.3 Å². The summed E-state index contributed by atoms with van der Waals surface area (Å²) in [5, 5.41) is 0. The van der Waals surface area contributed by atoms with Crippen LogP contribution in [-0.4, -0.2) is 76.6 Å². The zero-order valence-electron chi connectivity index (χ0n) is 26.8. The van der Waals surface area contributed by atoms with Crippen LogP contribution in [-0.2, 0) is 30.7 Å². The van der Waals surface area contributed by atoms with Crippen LogP contribution in [0.25, 0.3) is 0 Å². The molecule has 0 aliphatic rings. The Morgan fingerprint density at radius 2 is 0.667 bits per heavy atom. The predicted octanol–water partition coefficient (Wildman–Crippen LogP) is 6.34. The second-order valence-electron chi connectivity index (χ2n) is 12.0. The van der Waals surface area contributed by atoms with E-state index in [1.807, 2.05) is 83.1 Å². The number of rotatable bonds is 14. The molecular weight excluding hydrogens is 529 g/mol. The summed E-state index contributed by atoms with van der Waals surface area (Å²) < 4.78 is 39.9. The van der Waals surface area contributed by atoms with Gasteiger partial charge < -0.3 is 35.5 Å². The second-order valence-corrected chi connectivity index (χ2v) is 23.9. The summed E-state index contributed by atoms with van der Waals surface area (Å²) in [7, 11) is -8.44. The quantitative estimate of drug-likeness (QED) is 0.235. The Morgan fingerprint density at radius 3 is 0.806 bits per heavy atom. The van der Waals surface area contributed by atoms with E-state index >= 15 is 0 Å². The Balaban J connectivity index is -0.000000538. The van der Waals surface area contributed by atoms with Crippen LogP contribution in [0.4, 0.5) is 0 Å². The molecule has 0 unspecified atom stereocenters. The molecule has 0 aromatic carbocycles. The summed E-state index contributed by atoms with van der Waals surface area (Å²) in [4.78, 5) is 9.99. The monoisotopic (exact) mass is 590 g/mol. The van der Waals surface area contributed by atoms with Gasteiger partial charge in [-0.3, -0.25) is 0 Å². The lowest BCUT2D eigenvalue weighted by atomic mass is 10.5. The minimum Gasteiger partial charge on any atom is -0.394 e. The van der Waals surface area contributed by atoms with Crippen molar-refractivity contribution in [3.8, 4) is 0 Å². The summed E-state index contributed by atoms with van der Waals surface area (Å²) in [5.74, 6) is 0. The topological polar surface area (TPSA) is 84.8 Å². The van der Waals surface area contributed by atoms with E-state index in [2.05, 4.69) is 39.3 Å². The van der Waals surface area contributed by atoms with Gasteiger partial charge in [-0.05, 0) is 103 Å². The highest BCUT2D eigenvalue weighted by Crippen LogP contribution is 2.23. The third-order valence-electron chi connectivity index (χ3n) is 2.73. The molecule has 0 fully saturated rings. The van der Waals surface area contributed by atoms with Gasteiger partial charge in [0.05, 0.1) is 0 Å². The van der Waals surface area contributed by atoms with Crippen LogP contribution in [0, 0.1) is 0 Å². The molecule has 0 aromatic rings. The summed E-state index contributed by atoms with van der Waals surface area (Å²) in [5.41, 5.74) is 0. The highest BCUT2D eigenvalue weighted by molar-refractivity contribution is 6.78. The van der Waals surface area contributed by atoms with Gasteiger partial charge in [-0.1, -0.05) is 19.6 Å². The molecule has 36 heavy (non-hydrogen) atoms. The van der Waals surface area contributed by atoms with Gasteiger partial charge in [-0.25, -0.2) is 0 Å². The first-order valence-electron chi connectivity index (χ1n) is 13.4. The molecule has 0 spiro atoms. The molecule has 12 heteroatoms. The zero-order valence-corrected chi connectivity index (χ0v) is 31.0. The van der Waals surface area contributed by atoms with Crippen molar-refractivity contribution in [3.63, 3.8) is 0 Å². The first-order valence-corrected chi connectivity index (χ1v) is 23.6. The SMILES string of the molecule is CC(C)O[Si](O)(OC(C)C)OC(C)C.CC(C)O[Si](OC(C)C)(OC(C)C)O[Si](C)(C)C.C[SiH](C)C. The van der Waals surface area contributed by atoms with Gasteiger partial charge in [0.15, 0.2) is 8.32 Å². The molecule has 0 atom stereocenters. The summed E-state index contributed by atoms with van der Waals surface area (Å²) >= 11 is 0. The number of hydrogen-bond donors (Lipinski definition) is 1. The smallest absolute Gasteiger partial charge is 0.394 e. The Bertz CT molecular complexity index is 469. The molecule has 0 saturated heterocycles. The third kappa shape index (κ3) is 29.1. The molecule has 0 rings (SSSR count). The van der Waals surface area contributed by atoms with E-state index in [0.29, 0.717) is 0 Å². The molecule has 0 radical (unpaired) electrons. The highest BCUT2D eigenvalue weighted by Gasteiger charge is 2.51. The highest BCUT2D eigenvalue weighted by atomic mass is 28.5. The molecule has 8 nitrogen and oxygen atoms in total. The Hall–Kier alpha value is 0.548. The lowest BCUT2D eigenvalue weighted by Gasteiger charge is -2.36. The van der Waals surface area contributed by atoms with Gasteiger partial charge >= 0.3 is 18.1 Å². The van der Waals surface area contributed by atoms with Crippen LogP contribution >= 0.6 is 0 Å². The fourth-order valence-corrected chi connectivity index (χ4v) is 9.80. The first kappa shape index (κ1) is 41.0. The lowest BCUT2D eigenvalue weighted by Crippen LogP contribution is -2.58. The lowest BCUT2D eigenvalue weighted by molar-refractivity contribution is -0.0538. The molecule has 0 aliphatic carbocycles. The maximum atomic E-state index is 9.99. The minimum absolute atomic E-state index is 0.0190. The van der Waals surface area contributed by atoms with Crippen molar-refractivity contribution in [2.75, 3.05) is 0 Å². The summed E-state index contributed by atoms with van der Waals surface area (Å²) in [6.45, 7) is 36.1. The van der Waals surface area contributed by atoms with Gasteiger partial charge in [0, 0.05) is 45.4 Å². The predicted molar refractivity (Wildman–Crippen MR) is 160 cm³/mol. The zero-order chi connectivity index (χ0) is 29.5. The van der Waals surface area contributed by atoms with E-state index in [9.17, 15) is 4.80 Å². The largest absolute Gasteiger partial charge is 0.677 e. The maximum Gasteiger partial charge on any atom is 0.677 e. The van der Waals surface area contributed by atoms with Crippen molar-refractivity contribution in [2.24, 2.45) is 0 Å². The molecule has 0 aliphatic heterocycles. The van der Waals surface area contributed by atoms with E-state index in [1.165, 1.54) is 0 Å². The minimum atomic E-state index is -3.44. The average molecular weight is 591 g/mol.